The van der Waals surface area contributed by atoms with E-state index in [-0.39, 0.29) is 36.1 Å². The molecule has 2 fully saturated rings. The van der Waals surface area contributed by atoms with Gasteiger partial charge in [-0.05, 0) is 25.0 Å². The summed E-state index contributed by atoms with van der Waals surface area (Å²) in [4.78, 5) is 30.5. The van der Waals surface area contributed by atoms with E-state index in [2.05, 4.69) is 15.5 Å². The number of nitrogens with one attached hydrogen (secondary N) is 1. The molecule has 2 unspecified atom stereocenters. The Labute approximate surface area is 139 Å². The topological polar surface area (TPSA) is 88.3 Å². The van der Waals surface area contributed by atoms with Crippen LogP contribution in [0.3, 0.4) is 0 Å². The Morgan fingerprint density at radius 3 is 3.04 bits per heavy atom. The molecular formula is C17H18N4O3. The Bertz CT molecular complexity index is 758. The zero-order valence-electron chi connectivity index (χ0n) is 13.1. The van der Waals surface area contributed by atoms with E-state index in [1.54, 1.807) is 29.4 Å². The van der Waals surface area contributed by atoms with Crippen molar-refractivity contribution < 1.29 is 14.1 Å². The number of fused-ring (bicyclic) bond motifs is 1. The van der Waals surface area contributed by atoms with E-state index < -0.39 is 0 Å². The summed E-state index contributed by atoms with van der Waals surface area (Å²) in [6.45, 7) is 0.0785. The molecule has 0 spiro atoms. The number of nitrogens with zero attached hydrogens (tertiary/aromatic N) is 3. The van der Waals surface area contributed by atoms with Gasteiger partial charge in [-0.2, -0.15) is 0 Å². The minimum atomic E-state index is -0.249. The molecular weight excluding hydrogens is 308 g/mol. The second-order valence-corrected chi connectivity index (χ2v) is 6.28. The van der Waals surface area contributed by atoms with Crippen molar-refractivity contribution in [1.29, 1.82) is 0 Å². The van der Waals surface area contributed by atoms with E-state index in [9.17, 15) is 9.59 Å². The first-order valence-electron chi connectivity index (χ1n) is 8.20. The molecule has 2 amide bonds. The molecule has 1 aliphatic carbocycles. The molecule has 0 bridgehead atoms. The maximum Gasteiger partial charge on any atom is 0.276 e. The average Bonchev–Trinajstić information content (AvgIpc) is 3.11. The van der Waals surface area contributed by atoms with Crippen molar-refractivity contribution in [1.82, 2.24) is 20.4 Å². The lowest BCUT2D eigenvalue weighted by Crippen LogP contribution is -2.62. The number of carbonyl (C=O) groups is 2. The zero-order valence-corrected chi connectivity index (χ0v) is 13.1. The predicted molar refractivity (Wildman–Crippen MR) is 85.0 cm³/mol. The molecule has 124 valence electrons. The number of rotatable bonds is 2. The minimum absolute atomic E-state index is 0.0440. The van der Waals surface area contributed by atoms with Crippen molar-refractivity contribution in [3.8, 4) is 11.3 Å². The van der Waals surface area contributed by atoms with Crippen molar-refractivity contribution in [2.24, 2.45) is 0 Å². The summed E-state index contributed by atoms with van der Waals surface area (Å²) in [6.07, 6.45) is 7.30. The van der Waals surface area contributed by atoms with Crippen LogP contribution in [0, 0.1) is 0 Å². The minimum Gasteiger partial charge on any atom is -0.355 e. The normalized spacial score (nSPS) is 23.5. The van der Waals surface area contributed by atoms with Gasteiger partial charge in [0.2, 0.25) is 5.91 Å². The van der Waals surface area contributed by atoms with Crippen LogP contribution in [0.4, 0.5) is 0 Å². The first-order chi connectivity index (χ1) is 11.7. The summed E-state index contributed by atoms with van der Waals surface area (Å²) < 4.78 is 5.29. The van der Waals surface area contributed by atoms with Crippen LogP contribution in [0.5, 0.6) is 0 Å². The van der Waals surface area contributed by atoms with Crippen molar-refractivity contribution in [2.75, 3.05) is 6.54 Å². The van der Waals surface area contributed by atoms with Gasteiger partial charge in [-0.1, -0.05) is 18.0 Å². The van der Waals surface area contributed by atoms with Gasteiger partial charge in [-0.15, -0.1) is 0 Å². The highest BCUT2D eigenvalue weighted by atomic mass is 16.5. The van der Waals surface area contributed by atoms with Gasteiger partial charge in [0.05, 0.1) is 6.04 Å². The fraction of sp³-hybridized carbons (Fsp3) is 0.412. The Morgan fingerprint density at radius 1 is 1.33 bits per heavy atom. The van der Waals surface area contributed by atoms with Crippen LogP contribution in [0.25, 0.3) is 11.3 Å². The first-order valence-corrected chi connectivity index (χ1v) is 8.20. The Hall–Kier alpha value is -2.70. The highest BCUT2D eigenvalue weighted by Crippen LogP contribution is 2.27. The summed E-state index contributed by atoms with van der Waals surface area (Å²) in [6, 6.07) is 5.34. The van der Waals surface area contributed by atoms with Crippen molar-refractivity contribution in [3.05, 3.63) is 36.3 Å². The quantitative estimate of drug-likeness (QED) is 0.906. The Morgan fingerprint density at radius 2 is 2.21 bits per heavy atom. The molecule has 7 heteroatoms. The van der Waals surface area contributed by atoms with E-state index >= 15 is 0 Å². The lowest BCUT2D eigenvalue weighted by molar-refractivity contribution is -0.127. The molecule has 1 saturated carbocycles. The number of piperazine rings is 1. The van der Waals surface area contributed by atoms with E-state index in [1.165, 1.54) is 0 Å². The predicted octanol–water partition coefficient (Wildman–Crippen LogP) is 1.62. The number of aromatic nitrogens is 2. The lowest BCUT2D eigenvalue weighted by atomic mass is 9.87. The Balaban J connectivity index is 1.58. The summed E-state index contributed by atoms with van der Waals surface area (Å²) in [7, 11) is 0. The fourth-order valence-electron chi connectivity index (χ4n) is 3.57. The molecule has 0 aromatic carbocycles. The van der Waals surface area contributed by atoms with Gasteiger partial charge in [-0.3, -0.25) is 14.6 Å². The van der Waals surface area contributed by atoms with Gasteiger partial charge in [0, 0.05) is 30.1 Å². The SMILES string of the molecule is O=C1CN(C(=O)c2cc(-c3cccnc3)on2)C2CCCCC2N1. The number of hydrogen-bond acceptors (Lipinski definition) is 5. The highest BCUT2D eigenvalue weighted by molar-refractivity contribution is 5.96. The molecule has 3 heterocycles. The largest absolute Gasteiger partial charge is 0.355 e. The molecule has 0 radical (unpaired) electrons. The smallest absolute Gasteiger partial charge is 0.276 e. The maximum absolute atomic E-state index is 12.9. The third-order valence-corrected chi connectivity index (χ3v) is 4.73. The van der Waals surface area contributed by atoms with E-state index in [4.69, 9.17) is 4.52 Å². The van der Waals surface area contributed by atoms with E-state index in [0.717, 1.165) is 31.2 Å². The third kappa shape index (κ3) is 2.66. The molecule has 1 saturated heterocycles. The number of carbonyl (C=O) groups excluding carboxylic acids is 2. The molecule has 4 rings (SSSR count). The van der Waals surface area contributed by atoms with Gasteiger partial charge in [0.15, 0.2) is 11.5 Å². The van der Waals surface area contributed by atoms with Crippen molar-refractivity contribution in [2.45, 2.75) is 37.8 Å². The molecule has 2 aromatic rings. The molecule has 2 atom stereocenters. The Kier molecular flexibility index (Phi) is 3.76. The van der Waals surface area contributed by atoms with Crippen LogP contribution >= 0.6 is 0 Å². The standard InChI is InChI=1S/C17H18N4O3/c22-16-10-21(14-6-2-1-5-12(14)19-16)17(23)13-8-15(24-20-13)11-4-3-7-18-9-11/h3-4,7-9,12,14H,1-2,5-6,10H2,(H,19,22). The van der Waals surface area contributed by atoms with Crippen LogP contribution in [0.2, 0.25) is 0 Å². The van der Waals surface area contributed by atoms with Gasteiger partial charge >= 0.3 is 0 Å². The van der Waals surface area contributed by atoms with Crippen LogP contribution in [-0.2, 0) is 4.79 Å². The van der Waals surface area contributed by atoms with Gasteiger partial charge in [0.1, 0.15) is 6.54 Å². The monoisotopic (exact) mass is 326 g/mol. The van der Waals surface area contributed by atoms with Crippen LogP contribution in [0.15, 0.2) is 35.1 Å². The fourth-order valence-corrected chi connectivity index (χ4v) is 3.57. The van der Waals surface area contributed by atoms with Gasteiger partial charge < -0.3 is 14.7 Å². The molecule has 1 N–H and O–H groups in total. The third-order valence-electron chi connectivity index (χ3n) is 4.73. The summed E-state index contributed by atoms with van der Waals surface area (Å²) in [5.41, 5.74) is 0.990. The van der Waals surface area contributed by atoms with Crippen LogP contribution < -0.4 is 5.32 Å². The van der Waals surface area contributed by atoms with E-state index in [0.29, 0.717) is 5.76 Å². The highest BCUT2D eigenvalue weighted by Gasteiger charge is 2.39. The summed E-state index contributed by atoms with van der Waals surface area (Å²) in [5.74, 6) is 0.135. The zero-order chi connectivity index (χ0) is 16.5. The second-order valence-electron chi connectivity index (χ2n) is 6.28. The molecule has 24 heavy (non-hydrogen) atoms. The van der Waals surface area contributed by atoms with Crippen molar-refractivity contribution in [3.63, 3.8) is 0 Å². The molecule has 2 aliphatic rings. The van der Waals surface area contributed by atoms with E-state index in [1.807, 2.05) is 6.07 Å². The first kappa shape index (κ1) is 14.9. The molecule has 7 nitrogen and oxygen atoms in total. The lowest BCUT2D eigenvalue weighted by Gasteiger charge is -2.43. The van der Waals surface area contributed by atoms with Gasteiger partial charge in [0.25, 0.3) is 5.91 Å². The number of hydrogen-bond donors (Lipinski definition) is 1. The summed E-state index contributed by atoms with van der Waals surface area (Å²) >= 11 is 0. The molecule has 2 aromatic heterocycles. The second kappa shape index (κ2) is 6.07. The molecule has 1 aliphatic heterocycles. The number of amides is 2. The van der Waals surface area contributed by atoms with Crippen molar-refractivity contribution >= 4 is 11.8 Å². The average molecular weight is 326 g/mol. The van der Waals surface area contributed by atoms with Crippen LogP contribution in [-0.4, -0.2) is 45.5 Å². The van der Waals surface area contributed by atoms with Gasteiger partial charge in [-0.25, -0.2) is 0 Å². The maximum atomic E-state index is 12.9. The number of pyridine rings is 1. The van der Waals surface area contributed by atoms with Crippen LogP contribution in [0.1, 0.15) is 36.2 Å². The summed E-state index contributed by atoms with van der Waals surface area (Å²) in [5, 5.41) is 6.91.